The van der Waals surface area contributed by atoms with Crippen LogP contribution in [0.1, 0.15) is 45.1 Å². The molecule has 0 aliphatic rings. The quantitative estimate of drug-likeness (QED) is 0.718. The van der Waals surface area contributed by atoms with Gasteiger partial charge in [-0.05, 0) is 6.92 Å². The molecule has 0 bridgehead atoms. The molecule has 0 spiro atoms. The smallest absolute Gasteiger partial charge is 0.0795 e. The molecule has 3 nitrogen and oxygen atoms in total. The Balaban J connectivity index is 3.20. The van der Waals surface area contributed by atoms with Crippen molar-refractivity contribution in [3.63, 3.8) is 0 Å². The van der Waals surface area contributed by atoms with E-state index in [1.165, 1.54) is 0 Å². The van der Waals surface area contributed by atoms with Gasteiger partial charge in [-0.2, -0.15) is 5.10 Å². The van der Waals surface area contributed by atoms with Crippen LogP contribution >= 0.6 is 0 Å². The summed E-state index contributed by atoms with van der Waals surface area (Å²) < 4.78 is 1.75. The van der Waals surface area contributed by atoms with Crippen LogP contribution in [0.3, 0.4) is 0 Å². The van der Waals surface area contributed by atoms with E-state index in [-0.39, 0.29) is 5.41 Å². The van der Waals surface area contributed by atoms with Crippen molar-refractivity contribution in [1.82, 2.24) is 9.78 Å². The fourth-order valence-electron chi connectivity index (χ4n) is 1.40. The van der Waals surface area contributed by atoms with Crippen molar-refractivity contribution < 1.29 is 5.11 Å². The average Bonchev–Trinajstić information content (AvgIpc) is 2.29. The number of rotatable bonds is 1. The van der Waals surface area contributed by atoms with Gasteiger partial charge in [0.15, 0.2) is 0 Å². The van der Waals surface area contributed by atoms with Crippen LogP contribution in [0.4, 0.5) is 0 Å². The maximum atomic E-state index is 9.53. The van der Waals surface area contributed by atoms with E-state index >= 15 is 0 Å². The highest BCUT2D eigenvalue weighted by Gasteiger charge is 2.23. The van der Waals surface area contributed by atoms with Crippen LogP contribution in [-0.2, 0) is 12.5 Å². The zero-order valence-corrected chi connectivity index (χ0v) is 9.00. The first-order valence-corrected chi connectivity index (χ1v) is 4.54. The Morgan fingerprint density at radius 3 is 2.31 bits per heavy atom. The fourth-order valence-corrected chi connectivity index (χ4v) is 1.40. The van der Waals surface area contributed by atoms with Crippen LogP contribution in [0.15, 0.2) is 6.20 Å². The third kappa shape index (κ3) is 2.10. The average molecular weight is 182 g/mol. The lowest BCUT2D eigenvalue weighted by molar-refractivity contribution is 0.196. The summed E-state index contributed by atoms with van der Waals surface area (Å²) in [6, 6.07) is 0. The van der Waals surface area contributed by atoms with Gasteiger partial charge in [0.05, 0.1) is 11.8 Å². The first kappa shape index (κ1) is 10.3. The molecule has 1 aromatic heterocycles. The molecule has 0 unspecified atom stereocenters. The van der Waals surface area contributed by atoms with Gasteiger partial charge in [0, 0.05) is 24.2 Å². The zero-order valence-electron chi connectivity index (χ0n) is 9.00. The molecule has 0 radical (unpaired) electrons. The lowest BCUT2D eigenvalue weighted by Gasteiger charge is -2.18. The lowest BCUT2D eigenvalue weighted by Crippen LogP contribution is -2.15. The van der Waals surface area contributed by atoms with E-state index < -0.39 is 6.10 Å². The molecule has 0 aliphatic heterocycles. The second-order valence-corrected chi connectivity index (χ2v) is 4.53. The first-order valence-electron chi connectivity index (χ1n) is 4.54. The van der Waals surface area contributed by atoms with E-state index in [1.807, 2.05) is 13.2 Å². The van der Waals surface area contributed by atoms with Crippen molar-refractivity contribution in [2.45, 2.75) is 39.2 Å². The lowest BCUT2D eigenvalue weighted by atomic mass is 9.88. The van der Waals surface area contributed by atoms with Crippen LogP contribution in [0, 0.1) is 0 Å². The highest BCUT2D eigenvalue weighted by Crippen LogP contribution is 2.27. The van der Waals surface area contributed by atoms with Gasteiger partial charge in [-0.25, -0.2) is 0 Å². The third-order valence-electron chi connectivity index (χ3n) is 2.02. The van der Waals surface area contributed by atoms with Crippen molar-refractivity contribution in [3.8, 4) is 0 Å². The molecule has 1 N–H and O–H groups in total. The fraction of sp³-hybridized carbons (Fsp3) is 0.700. The summed E-state index contributed by atoms with van der Waals surface area (Å²) in [5.41, 5.74) is 1.90. The van der Waals surface area contributed by atoms with Gasteiger partial charge in [0.1, 0.15) is 0 Å². The molecule has 1 aromatic rings. The Kier molecular flexibility index (Phi) is 2.48. The Bertz CT molecular complexity index is 294. The number of aliphatic hydroxyl groups excluding tert-OH is 1. The minimum absolute atomic E-state index is 0.00637. The predicted octanol–water partition coefficient (Wildman–Crippen LogP) is 1.77. The van der Waals surface area contributed by atoms with Crippen LogP contribution in [0.25, 0.3) is 0 Å². The van der Waals surface area contributed by atoms with Crippen molar-refractivity contribution in [2.24, 2.45) is 7.05 Å². The number of hydrogen-bond acceptors (Lipinski definition) is 2. The van der Waals surface area contributed by atoms with E-state index in [0.717, 1.165) is 11.3 Å². The van der Waals surface area contributed by atoms with Crippen LogP contribution in [0.2, 0.25) is 0 Å². The molecule has 0 aromatic carbocycles. The summed E-state index contributed by atoms with van der Waals surface area (Å²) in [7, 11) is 1.88. The predicted molar refractivity (Wildman–Crippen MR) is 52.5 cm³/mol. The van der Waals surface area contributed by atoms with E-state index in [1.54, 1.807) is 11.6 Å². The van der Waals surface area contributed by atoms with Gasteiger partial charge in [0.25, 0.3) is 0 Å². The van der Waals surface area contributed by atoms with Crippen LogP contribution < -0.4 is 0 Å². The maximum Gasteiger partial charge on any atom is 0.0795 e. The van der Waals surface area contributed by atoms with E-state index in [0.29, 0.717) is 0 Å². The normalized spacial score (nSPS) is 14.6. The zero-order chi connectivity index (χ0) is 10.2. The largest absolute Gasteiger partial charge is 0.389 e. The molecule has 0 amide bonds. The summed E-state index contributed by atoms with van der Waals surface area (Å²) in [5.74, 6) is 0. The molecule has 74 valence electrons. The Morgan fingerprint density at radius 1 is 1.46 bits per heavy atom. The molecule has 1 rings (SSSR count). The second-order valence-electron chi connectivity index (χ2n) is 4.53. The van der Waals surface area contributed by atoms with Crippen molar-refractivity contribution >= 4 is 0 Å². The van der Waals surface area contributed by atoms with Gasteiger partial charge in [-0.1, -0.05) is 20.8 Å². The monoisotopic (exact) mass is 182 g/mol. The molecule has 13 heavy (non-hydrogen) atoms. The van der Waals surface area contributed by atoms with E-state index in [9.17, 15) is 5.11 Å². The van der Waals surface area contributed by atoms with Gasteiger partial charge < -0.3 is 5.11 Å². The van der Waals surface area contributed by atoms with Crippen molar-refractivity contribution in [3.05, 3.63) is 17.5 Å². The number of nitrogens with zero attached hydrogens (tertiary/aromatic N) is 2. The van der Waals surface area contributed by atoms with Crippen LogP contribution in [0.5, 0.6) is 0 Å². The molecule has 1 heterocycles. The molecule has 1 atom stereocenters. The number of aliphatic hydroxyl groups is 1. The maximum absolute atomic E-state index is 9.53. The molecule has 0 saturated carbocycles. The Morgan fingerprint density at radius 2 is 2.00 bits per heavy atom. The Hall–Kier alpha value is -0.830. The van der Waals surface area contributed by atoms with Gasteiger partial charge in [0.2, 0.25) is 0 Å². The SMILES string of the molecule is C[C@@H](O)c1cn(C)nc1C(C)(C)C. The van der Waals surface area contributed by atoms with E-state index in [2.05, 4.69) is 25.9 Å². The third-order valence-corrected chi connectivity index (χ3v) is 2.02. The van der Waals surface area contributed by atoms with Gasteiger partial charge in [-0.3, -0.25) is 4.68 Å². The summed E-state index contributed by atoms with van der Waals surface area (Å²) in [6.07, 6.45) is 1.44. The first-order chi connectivity index (χ1) is 5.82. The molecule has 0 saturated heterocycles. The highest BCUT2D eigenvalue weighted by molar-refractivity contribution is 5.25. The number of aromatic nitrogens is 2. The Labute approximate surface area is 79.4 Å². The second kappa shape index (κ2) is 3.14. The highest BCUT2D eigenvalue weighted by atomic mass is 16.3. The van der Waals surface area contributed by atoms with Crippen molar-refractivity contribution in [1.29, 1.82) is 0 Å². The topological polar surface area (TPSA) is 38.0 Å². The molecular formula is C10H18N2O. The minimum Gasteiger partial charge on any atom is -0.389 e. The summed E-state index contributed by atoms with van der Waals surface area (Å²) >= 11 is 0. The standard InChI is InChI=1S/C10H18N2O/c1-7(13)8-6-12(5)11-9(8)10(2,3)4/h6-7,13H,1-5H3/t7-/m1/s1. The van der Waals surface area contributed by atoms with Gasteiger partial charge >= 0.3 is 0 Å². The number of hydrogen-bond donors (Lipinski definition) is 1. The summed E-state index contributed by atoms with van der Waals surface area (Å²) in [4.78, 5) is 0. The minimum atomic E-state index is -0.442. The van der Waals surface area contributed by atoms with Crippen LogP contribution in [-0.4, -0.2) is 14.9 Å². The molecule has 0 fully saturated rings. The van der Waals surface area contributed by atoms with Crippen molar-refractivity contribution in [2.75, 3.05) is 0 Å². The summed E-state index contributed by atoms with van der Waals surface area (Å²) in [5, 5.41) is 13.9. The molecule has 3 heteroatoms. The van der Waals surface area contributed by atoms with E-state index in [4.69, 9.17) is 0 Å². The number of aryl methyl sites for hydroxylation is 1. The summed E-state index contributed by atoms with van der Waals surface area (Å²) in [6.45, 7) is 8.07. The molecular weight excluding hydrogens is 164 g/mol. The molecule has 0 aliphatic carbocycles. The van der Waals surface area contributed by atoms with Gasteiger partial charge in [-0.15, -0.1) is 0 Å².